The van der Waals surface area contributed by atoms with Gasteiger partial charge in [0, 0.05) is 23.2 Å². The first-order chi connectivity index (χ1) is 9.65. The molecule has 1 heterocycles. The minimum atomic E-state index is -0.182. The van der Waals surface area contributed by atoms with Gasteiger partial charge in [-0.1, -0.05) is 6.07 Å². The number of nitrogens with one attached hydrogen (secondary N) is 1. The van der Waals surface area contributed by atoms with E-state index < -0.39 is 0 Å². The standard InChI is InChI=1S/C16H21FN2S/c1-4-19(11-14-6-5-9-20-14)16-8-7-13(17)10-15(16)12(2)18-3/h5-10,12,18H,4,11H2,1-3H3. The quantitative estimate of drug-likeness (QED) is 0.858. The Morgan fingerprint density at radius 3 is 2.75 bits per heavy atom. The van der Waals surface area contributed by atoms with Crippen LogP contribution >= 0.6 is 11.3 Å². The molecule has 0 aliphatic heterocycles. The number of thiophene rings is 1. The van der Waals surface area contributed by atoms with Crippen molar-refractivity contribution in [1.82, 2.24) is 5.32 Å². The molecule has 108 valence electrons. The lowest BCUT2D eigenvalue weighted by Crippen LogP contribution is -2.25. The molecule has 1 aromatic heterocycles. The molecule has 0 bridgehead atoms. The molecule has 0 fully saturated rings. The van der Waals surface area contributed by atoms with Gasteiger partial charge in [-0.2, -0.15) is 0 Å². The first kappa shape index (κ1) is 15.0. The van der Waals surface area contributed by atoms with Crippen LogP contribution in [0.25, 0.3) is 0 Å². The van der Waals surface area contributed by atoms with Crippen LogP contribution in [-0.2, 0) is 6.54 Å². The normalized spacial score (nSPS) is 12.4. The number of rotatable bonds is 6. The van der Waals surface area contributed by atoms with E-state index in [1.54, 1.807) is 17.4 Å². The Bertz CT molecular complexity index is 539. The lowest BCUT2D eigenvalue weighted by Gasteiger charge is -2.27. The molecule has 20 heavy (non-hydrogen) atoms. The average Bonchev–Trinajstić information content (AvgIpc) is 2.97. The Labute approximate surface area is 124 Å². The summed E-state index contributed by atoms with van der Waals surface area (Å²) in [5, 5.41) is 5.28. The Kier molecular flexibility index (Phi) is 5.15. The molecule has 1 unspecified atom stereocenters. The Morgan fingerprint density at radius 1 is 1.35 bits per heavy atom. The van der Waals surface area contributed by atoms with E-state index in [4.69, 9.17) is 0 Å². The van der Waals surface area contributed by atoms with Crippen molar-refractivity contribution in [2.75, 3.05) is 18.5 Å². The number of halogens is 1. The second-order valence-electron chi connectivity index (χ2n) is 4.81. The third kappa shape index (κ3) is 3.38. The average molecular weight is 292 g/mol. The zero-order valence-electron chi connectivity index (χ0n) is 12.2. The van der Waals surface area contributed by atoms with Crippen LogP contribution in [-0.4, -0.2) is 13.6 Å². The summed E-state index contributed by atoms with van der Waals surface area (Å²) in [6.07, 6.45) is 0. The number of benzene rings is 1. The second-order valence-corrected chi connectivity index (χ2v) is 5.84. The monoisotopic (exact) mass is 292 g/mol. The molecule has 0 radical (unpaired) electrons. The van der Waals surface area contributed by atoms with Crippen LogP contribution in [0, 0.1) is 5.82 Å². The van der Waals surface area contributed by atoms with Gasteiger partial charge in [-0.3, -0.25) is 0 Å². The third-order valence-corrected chi connectivity index (χ3v) is 4.40. The predicted octanol–water partition coefficient (Wildman–Crippen LogP) is 4.19. The van der Waals surface area contributed by atoms with Gasteiger partial charge >= 0.3 is 0 Å². The van der Waals surface area contributed by atoms with Crippen LogP contribution in [0.15, 0.2) is 35.7 Å². The highest BCUT2D eigenvalue weighted by Crippen LogP contribution is 2.29. The molecule has 0 saturated heterocycles. The lowest BCUT2D eigenvalue weighted by molar-refractivity contribution is 0.606. The van der Waals surface area contributed by atoms with Gasteiger partial charge < -0.3 is 10.2 Å². The van der Waals surface area contributed by atoms with E-state index >= 15 is 0 Å². The van der Waals surface area contributed by atoms with Gasteiger partial charge in [-0.25, -0.2) is 4.39 Å². The molecule has 1 atom stereocenters. The number of hydrogen-bond acceptors (Lipinski definition) is 3. The summed E-state index contributed by atoms with van der Waals surface area (Å²) in [6.45, 7) is 5.94. The van der Waals surface area contributed by atoms with E-state index in [2.05, 4.69) is 41.6 Å². The first-order valence-corrected chi connectivity index (χ1v) is 7.77. The maximum atomic E-state index is 13.5. The molecule has 0 amide bonds. The zero-order valence-corrected chi connectivity index (χ0v) is 13.0. The second kappa shape index (κ2) is 6.86. The van der Waals surface area contributed by atoms with Crippen LogP contribution in [0.2, 0.25) is 0 Å². The van der Waals surface area contributed by atoms with Crippen LogP contribution in [0.3, 0.4) is 0 Å². The summed E-state index contributed by atoms with van der Waals surface area (Å²) in [5.41, 5.74) is 2.11. The summed E-state index contributed by atoms with van der Waals surface area (Å²) in [5.74, 6) is -0.182. The summed E-state index contributed by atoms with van der Waals surface area (Å²) in [6, 6.07) is 9.38. The SMILES string of the molecule is CCN(Cc1cccs1)c1ccc(F)cc1C(C)NC. The molecule has 2 rings (SSSR count). The van der Waals surface area contributed by atoms with Crippen molar-refractivity contribution >= 4 is 17.0 Å². The Balaban J connectivity index is 2.33. The van der Waals surface area contributed by atoms with Crippen molar-refractivity contribution in [3.05, 3.63) is 52.0 Å². The van der Waals surface area contributed by atoms with Gasteiger partial charge in [0.2, 0.25) is 0 Å². The topological polar surface area (TPSA) is 15.3 Å². The zero-order chi connectivity index (χ0) is 14.5. The molecule has 1 N–H and O–H groups in total. The maximum absolute atomic E-state index is 13.5. The summed E-state index contributed by atoms with van der Waals surface area (Å²) in [4.78, 5) is 3.60. The van der Waals surface area contributed by atoms with Crippen LogP contribution in [0.1, 0.15) is 30.3 Å². The van der Waals surface area contributed by atoms with E-state index in [9.17, 15) is 4.39 Å². The maximum Gasteiger partial charge on any atom is 0.123 e. The van der Waals surface area contributed by atoms with E-state index in [1.807, 2.05) is 13.1 Å². The smallest absolute Gasteiger partial charge is 0.123 e. The highest BCUT2D eigenvalue weighted by atomic mass is 32.1. The fourth-order valence-corrected chi connectivity index (χ4v) is 2.99. The van der Waals surface area contributed by atoms with Crippen LogP contribution < -0.4 is 10.2 Å². The summed E-state index contributed by atoms with van der Waals surface area (Å²) < 4.78 is 13.5. The summed E-state index contributed by atoms with van der Waals surface area (Å²) >= 11 is 1.75. The highest BCUT2D eigenvalue weighted by molar-refractivity contribution is 7.09. The number of hydrogen-bond donors (Lipinski definition) is 1. The number of nitrogens with zero attached hydrogens (tertiary/aromatic N) is 1. The largest absolute Gasteiger partial charge is 0.366 e. The van der Waals surface area contributed by atoms with Crippen molar-refractivity contribution in [2.45, 2.75) is 26.4 Å². The van der Waals surface area contributed by atoms with Crippen molar-refractivity contribution < 1.29 is 4.39 Å². The van der Waals surface area contributed by atoms with Gasteiger partial charge in [0.15, 0.2) is 0 Å². The predicted molar refractivity (Wildman–Crippen MR) is 84.9 cm³/mol. The van der Waals surface area contributed by atoms with Crippen molar-refractivity contribution in [1.29, 1.82) is 0 Å². The van der Waals surface area contributed by atoms with Crippen molar-refractivity contribution in [3.8, 4) is 0 Å². The van der Waals surface area contributed by atoms with Gasteiger partial charge in [0.05, 0.1) is 6.54 Å². The molecule has 0 saturated carbocycles. The van der Waals surface area contributed by atoms with E-state index in [1.165, 1.54) is 10.9 Å². The molecule has 1 aromatic carbocycles. The van der Waals surface area contributed by atoms with Crippen LogP contribution in [0.4, 0.5) is 10.1 Å². The van der Waals surface area contributed by atoms with Gasteiger partial charge in [-0.05, 0) is 56.1 Å². The molecule has 0 aliphatic carbocycles. The van der Waals surface area contributed by atoms with Gasteiger partial charge in [-0.15, -0.1) is 11.3 Å². The third-order valence-electron chi connectivity index (χ3n) is 3.54. The molecule has 2 aromatic rings. The molecular formula is C16H21FN2S. The van der Waals surface area contributed by atoms with E-state index in [-0.39, 0.29) is 11.9 Å². The molecule has 2 nitrogen and oxygen atoms in total. The fraction of sp³-hybridized carbons (Fsp3) is 0.375. The Hall–Kier alpha value is -1.39. The molecule has 0 spiro atoms. The highest BCUT2D eigenvalue weighted by Gasteiger charge is 2.15. The molecule has 4 heteroatoms. The van der Waals surface area contributed by atoms with E-state index in [0.717, 1.165) is 24.3 Å². The summed E-state index contributed by atoms with van der Waals surface area (Å²) in [7, 11) is 1.90. The molecule has 0 aliphatic rings. The van der Waals surface area contributed by atoms with Gasteiger partial charge in [0.1, 0.15) is 5.82 Å². The van der Waals surface area contributed by atoms with Crippen LogP contribution in [0.5, 0.6) is 0 Å². The van der Waals surface area contributed by atoms with Gasteiger partial charge in [0.25, 0.3) is 0 Å². The lowest BCUT2D eigenvalue weighted by atomic mass is 10.0. The first-order valence-electron chi connectivity index (χ1n) is 6.89. The van der Waals surface area contributed by atoms with Crippen molar-refractivity contribution in [3.63, 3.8) is 0 Å². The minimum Gasteiger partial charge on any atom is -0.366 e. The molecular weight excluding hydrogens is 271 g/mol. The number of anilines is 1. The Morgan fingerprint density at radius 2 is 2.15 bits per heavy atom. The minimum absolute atomic E-state index is 0.123. The van der Waals surface area contributed by atoms with Crippen molar-refractivity contribution in [2.24, 2.45) is 0 Å². The fourth-order valence-electron chi connectivity index (χ4n) is 2.27. The van der Waals surface area contributed by atoms with E-state index in [0.29, 0.717) is 0 Å².